The molecule has 0 aromatic carbocycles. The average molecular weight is 335 g/mol. The summed E-state index contributed by atoms with van der Waals surface area (Å²) in [4.78, 5) is 2.45. The van der Waals surface area contributed by atoms with Crippen molar-refractivity contribution >= 4 is 23.5 Å². The van der Waals surface area contributed by atoms with E-state index in [4.69, 9.17) is 9.15 Å². The third-order valence-corrected chi connectivity index (χ3v) is 5.88. The van der Waals surface area contributed by atoms with Crippen LogP contribution in [0.2, 0.25) is 0 Å². The molecule has 0 spiro atoms. The van der Waals surface area contributed by atoms with E-state index in [-0.39, 0.29) is 5.75 Å². The van der Waals surface area contributed by atoms with Crippen molar-refractivity contribution in [3.63, 3.8) is 0 Å². The van der Waals surface area contributed by atoms with Gasteiger partial charge in [-0.05, 0) is 18.6 Å². The summed E-state index contributed by atoms with van der Waals surface area (Å²) in [5, 5.41) is 0.552. The first-order chi connectivity index (χ1) is 10.2. The molecule has 0 amide bonds. The van der Waals surface area contributed by atoms with Gasteiger partial charge in [-0.2, -0.15) is 20.5 Å². The number of nitrogens with zero attached hydrogens (tertiary/aromatic N) is 1. The summed E-state index contributed by atoms with van der Waals surface area (Å²) in [6, 6.07) is 4.27. The van der Waals surface area contributed by atoms with Crippen LogP contribution in [-0.2, 0) is 17.0 Å². The van der Waals surface area contributed by atoms with Crippen LogP contribution in [0.4, 0.5) is 8.78 Å². The second-order valence-electron chi connectivity index (χ2n) is 5.25. The van der Waals surface area contributed by atoms with E-state index in [0.29, 0.717) is 28.8 Å². The first-order valence-corrected chi connectivity index (χ1v) is 9.23. The van der Waals surface area contributed by atoms with E-state index < -0.39 is 5.76 Å². The van der Waals surface area contributed by atoms with E-state index in [1.54, 1.807) is 0 Å². The molecule has 1 aromatic heterocycles. The van der Waals surface area contributed by atoms with Crippen LogP contribution in [0.25, 0.3) is 0 Å². The van der Waals surface area contributed by atoms with Crippen molar-refractivity contribution in [1.82, 2.24) is 4.90 Å². The van der Waals surface area contributed by atoms with Gasteiger partial charge in [-0.3, -0.25) is 4.90 Å². The highest BCUT2D eigenvalue weighted by Crippen LogP contribution is 2.31. The molecule has 0 aliphatic carbocycles. The number of halogens is 2. The fourth-order valence-electron chi connectivity index (χ4n) is 2.89. The van der Waals surface area contributed by atoms with E-state index in [0.717, 1.165) is 44.2 Å². The van der Waals surface area contributed by atoms with Gasteiger partial charge in [0, 0.05) is 30.2 Å². The molecule has 2 saturated heterocycles. The number of ether oxygens (including phenoxy) is 1. The van der Waals surface area contributed by atoms with Crippen LogP contribution in [0, 0.1) is 0 Å². The lowest BCUT2D eigenvalue weighted by Gasteiger charge is -2.43. The molecule has 3 nitrogen and oxygen atoms in total. The molecule has 3 heterocycles. The second kappa shape index (κ2) is 7.35. The molecule has 2 aliphatic rings. The van der Waals surface area contributed by atoms with Crippen molar-refractivity contribution in [2.75, 3.05) is 25.5 Å². The standard InChI is InChI=1S/C14H19F2NO2S2/c15-14(16)21-9-11-2-1-10(19-11)7-17-4-6-20-13-8-18-5-3-12(13)17/h1-2,12-14H,3-9H2/t12-,13-/m0/s1. The predicted molar refractivity (Wildman–Crippen MR) is 81.9 cm³/mol. The lowest BCUT2D eigenvalue weighted by Crippen LogP contribution is -2.51. The Labute approximate surface area is 131 Å². The number of fused-ring (bicyclic) bond motifs is 1. The van der Waals surface area contributed by atoms with Crippen LogP contribution >= 0.6 is 23.5 Å². The van der Waals surface area contributed by atoms with E-state index in [1.165, 1.54) is 0 Å². The Kier molecular flexibility index (Phi) is 5.48. The maximum absolute atomic E-state index is 12.2. The second-order valence-corrected chi connectivity index (χ2v) is 7.58. The molecule has 0 saturated carbocycles. The first-order valence-electron chi connectivity index (χ1n) is 7.13. The molecular formula is C14H19F2NO2S2. The Bertz CT molecular complexity index is 456. The molecule has 0 unspecified atom stereocenters. The molecule has 0 radical (unpaired) electrons. The monoisotopic (exact) mass is 335 g/mol. The Morgan fingerprint density at radius 1 is 1.38 bits per heavy atom. The average Bonchev–Trinajstić information content (AvgIpc) is 2.93. The molecule has 2 atom stereocenters. The molecule has 0 bridgehead atoms. The van der Waals surface area contributed by atoms with Crippen molar-refractivity contribution in [2.45, 2.75) is 35.8 Å². The van der Waals surface area contributed by atoms with Gasteiger partial charge >= 0.3 is 0 Å². The largest absolute Gasteiger partial charge is 0.464 e. The summed E-state index contributed by atoms with van der Waals surface area (Å²) < 4.78 is 35.6. The zero-order valence-electron chi connectivity index (χ0n) is 11.7. The minimum atomic E-state index is -2.35. The van der Waals surface area contributed by atoms with Crippen molar-refractivity contribution < 1.29 is 17.9 Å². The number of alkyl halides is 2. The van der Waals surface area contributed by atoms with Gasteiger partial charge in [-0.1, -0.05) is 11.8 Å². The summed E-state index contributed by atoms with van der Waals surface area (Å²) in [6.45, 7) is 3.47. The number of rotatable bonds is 5. The molecular weight excluding hydrogens is 316 g/mol. The fourth-order valence-corrected chi connectivity index (χ4v) is 4.70. The lowest BCUT2D eigenvalue weighted by atomic mass is 10.1. The van der Waals surface area contributed by atoms with Crippen molar-refractivity contribution in [2.24, 2.45) is 0 Å². The van der Waals surface area contributed by atoms with Gasteiger partial charge in [-0.15, -0.1) is 0 Å². The van der Waals surface area contributed by atoms with Crippen LogP contribution in [-0.4, -0.2) is 47.5 Å². The molecule has 7 heteroatoms. The molecule has 118 valence electrons. The highest BCUT2D eigenvalue weighted by Gasteiger charge is 2.34. The van der Waals surface area contributed by atoms with Crippen molar-refractivity contribution in [3.05, 3.63) is 23.7 Å². The van der Waals surface area contributed by atoms with Gasteiger partial charge in [0.1, 0.15) is 11.5 Å². The summed E-state index contributed by atoms with van der Waals surface area (Å²) >= 11 is 2.60. The maximum Gasteiger partial charge on any atom is 0.284 e. The number of hydrogen-bond donors (Lipinski definition) is 0. The Morgan fingerprint density at radius 2 is 2.24 bits per heavy atom. The van der Waals surface area contributed by atoms with Crippen molar-refractivity contribution in [3.8, 4) is 0 Å². The van der Waals surface area contributed by atoms with Crippen LogP contribution in [0.15, 0.2) is 16.5 Å². The van der Waals surface area contributed by atoms with Crippen LogP contribution in [0.5, 0.6) is 0 Å². The van der Waals surface area contributed by atoms with E-state index >= 15 is 0 Å². The zero-order valence-corrected chi connectivity index (χ0v) is 13.3. The minimum absolute atomic E-state index is 0.230. The highest BCUT2D eigenvalue weighted by molar-refractivity contribution is 8.00. The third-order valence-electron chi connectivity index (χ3n) is 3.88. The van der Waals surface area contributed by atoms with Crippen LogP contribution in [0.1, 0.15) is 17.9 Å². The molecule has 2 aliphatic heterocycles. The normalized spacial score (nSPS) is 27.0. The lowest BCUT2D eigenvalue weighted by molar-refractivity contribution is 0.0327. The van der Waals surface area contributed by atoms with E-state index in [9.17, 15) is 8.78 Å². The Morgan fingerprint density at radius 3 is 3.10 bits per heavy atom. The predicted octanol–water partition coefficient (Wildman–Crippen LogP) is 3.44. The van der Waals surface area contributed by atoms with Gasteiger partial charge in [0.25, 0.3) is 5.76 Å². The smallest absolute Gasteiger partial charge is 0.284 e. The quantitative estimate of drug-likeness (QED) is 0.821. The molecule has 0 N–H and O–H groups in total. The van der Waals surface area contributed by atoms with Crippen molar-refractivity contribution in [1.29, 1.82) is 0 Å². The maximum atomic E-state index is 12.2. The number of thioether (sulfide) groups is 2. The molecule has 21 heavy (non-hydrogen) atoms. The van der Waals surface area contributed by atoms with Gasteiger partial charge in [0.05, 0.1) is 18.9 Å². The topological polar surface area (TPSA) is 25.6 Å². The summed E-state index contributed by atoms with van der Waals surface area (Å²) in [5.74, 6) is 0.495. The first kappa shape index (κ1) is 15.6. The Balaban J connectivity index is 1.57. The van der Waals surface area contributed by atoms with Gasteiger partial charge in [0.2, 0.25) is 0 Å². The fraction of sp³-hybridized carbons (Fsp3) is 0.714. The van der Waals surface area contributed by atoms with Crippen LogP contribution < -0.4 is 0 Å². The summed E-state index contributed by atoms with van der Waals surface area (Å²) in [6.07, 6.45) is 1.06. The SMILES string of the molecule is FC(F)SCc1ccc(CN2CCS[C@H]3COCC[C@@H]32)o1. The van der Waals surface area contributed by atoms with E-state index in [1.807, 2.05) is 23.9 Å². The minimum Gasteiger partial charge on any atom is -0.464 e. The van der Waals surface area contributed by atoms with Gasteiger partial charge < -0.3 is 9.15 Å². The van der Waals surface area contributed by atoms with Crippen LogP contribution in [0.3, 0.4) is 0 Å². The summed E-state index contributed by atoms with van der Waals surface area (Å²) in [5.41, 5.74) is 0. The summed E-state index contributed by atoms with van der Waals surface area (Å²) in [7, 11) is 0. The highest BCUT2D eigenvalue weighted by atomic mass is 32.2. The third kappa shape index (κ3) is 4.15. The molecule has 3 rings (SSSR count). The molecule has 2 fully saturated rings. The Hall–Kier alpha value is -0.240. The molecule has 1 aromatic rings. The van der Waals surface area contributed by atoms with E-state index in [2.05, 4.69) is 4.90 Å². The van der Waals surface area contributed by atoms with Gasteiger partial charge in [-0.25, -0.2) is 0 Å². The zero-order chi connectivity index (χ0) is 14.7. The number of furan rings is 1. The number of hydrogen-bond acceptors (Lipinski definition) is 5. The van der Waals surface area contributed by atoms with Gasteiger partial charge in [0.15, 0.2) is 0 Å².